The van der Waals surface area contributed by atoms with Crippen LogP contribution >= 0.6 is 0 Å². The van der Waals surface area contributed by atoms with Crippen LogP contribution in [0, 0.1) is 6.92 Å². The van der Waals surface area contributed by atoms with Crippen molar-refractivity contribution in [2.24, 2.45) is 4.99 Å². The maximum atomic E-state index is 12.7. The Balaban J connectivity index is 1.53. The standard InChI is InChI=1S/C19H21N5O/c1-11-6-8-12(9-7-11)10-15-21-16-17(22-15)24-14-5-3-4-13(14)20-19(24)23(2)18(16)25/h6-9,13-14H,3-5,10H2,1-2H3,(H,21,22). The number of aryl methyl sites for hydroxylation is 1. The molecule has 1 aromatic carbocycles. The molecule has 2 atom stereocenters. The van der Waals surface area contributed by atoms with Gasteiger partial charge in [-0.25, -0.2) is 9.98 Å². The molecule has 0 saturated heterocycles. The number of imidazole rings is 1. The molecule has 6 heteroatoms. The second kappa shape index (κ2) is 5.18. The van der Waals surface area contributed by atoms with E-state index in [0.717, 1.165) is 30.4 Å². The summed E-state index contributed by atoms with van der Waals surface area (Å²) in [7, 11) is 1.80. The number of fused-ring (bicyclic) bond motifs is 5. The number of guanidine groups is 1. The molecule has 2 aliphatic heterocycles. The van der Waals surface area contributed by atoms with Crippen LogP contribution in [0.1, 0.15) is 46.7 Å². The minimum atomic E-state index is -0.0485. The predicted octanol–water partition coefficient (Wildman–Crippen LogP) is 2.49. The molecule has 0 spiro atoms. The summed E-state index contributed by atoms with van der Waals surface area (Å²) in [5.41, 5.74) is 3.02. The number of aliphatic imine (C=N–C) groups is 1. The van der Waals surface area contributed by atoms with E-state index in [1.807, 2.05) is 0 Å². The van der Waals surface area contributed by atoms with E-state index in [0.29, 0.717) is 24.2 Å². The number of hydrogen-bond donors (Lipinski definition) is 1. The van der Waals surface area contributed by atoms with E-state index in [2.05, 4.69) is 41.1 Å². The lowest BCUT2D eigenvalue weighted by Gasteiger charge is -2.33. The second-order valence-corrected chi connectivity index (χ2v) is 7.27. The molecule has 0 bridgehead atoms. The molecule has 1 saturated carbocycles. The smallest absolute Gasteiger partial charge is 0.280 e. The Hall–Kier alpha value is -2.63. The van der Waals surface area contributed by atoms with Gasteiger partial charge in [0.2, 0.25) is 5.96 Å². The quantitative estimate of drug-likeness (QED) is 0.917. The fourth-order valence-corrected chi connectivity index (χ4v) is 4.21. The van der Waals surface area contributed by atoms with Crippen molar-refractivity contribution in [1.29, 1.82) is 0 Å². The van der Waals surface area contributed by atoms with Gasteiger partial charge in [-0.15, -0.1) is 0 Å². The van der Waals surface area contributed by atoms with Crippen molar-refractivity contribution < 1.29 is 4.79 Å². The van der Waals surface area contributed by atoms with Crippen molar-refractivity contribution >= 4 is 17.7 Å². The highest BCUT2D eigenvalue weighted by atomic mass is 16.2. The molecule has 1 N–H and O–H groups in total. The number of carbonyl (C=O) groups is 1. The molecule has 1 fully saturated rings. The maximum absolute atomic E-state index is 12.7. The Bertz CT molecular complexity index is 882. The van der Waals surface area contributed by atoms with E-state index < -0.39 is 0 Å². The number of nitrogens with one attached hydrogen (secondary N) is 1. The summed E-state index contributed by atoms with van der Waals surface area (Å²) in [5, 5.41) is 0. The Morgan fingerprint density at radius 2 is 2.04 bits per heavy atom. The third-order valence-electron chi connectivity index (χ3n) is 5.54. The zero-order chi connectivity index (χ0) is 17.1. The summed E-state index contributed by atoms with van der Waals surface area (Å²) in [6.07, 6.45) is 4.09. The molecule has 6 nitrogen and oxygen atoms in total. The topological polar surface area (TPSA) is 64.6 Å². The number of anilines is 1. The van der Waals surface area contributed by atoms with Gasteiger partial charge < -0.3 is 4.98 Å². The number of nitrogens with zero attached hydrogens (tertiary/aromatic N) is 4. The lowest BCUT2D eigenvalue weighted by molar-refractivity contribution is 0.0859. The minimum Gasteiger partial charge on any atom is -0.336 e. The van der Waals surface area contributed by atoms with Gasteiger partial charge in [0.05, 0.1) is 12.1 Å². The highest BCUT2D eigenvalue weighted by Gasteiger charge is 2.48. The van der Waals surface area contributed by atoms with Crippen LogP contribution in [0.4, 0.5) is 5.82 Å². The molecule has 5 rings (SSSR count). The van der Waals surface area contributed by atoms with Crippen molar-refractivity contribution in [1.82, 2.24) is 14.9 Å². The minimum absolute atomic E-state index is 0.0485. The highest BCUT2D eigenvalue weighted by Crippen LogP contribution is 2.39. The number of rotatable bonds is 2. The summed E-state index contributed by atoms with van der Waals surface area (Å²) in [6, 6.07) is 9.08. The van der Waals surface area contributed by atoms with E-state index in [1.54, 1.807) is 11.9 Å². The van der Waals surface area contributed by atoms with Crippen molar-refractivity contribution in [2.75, 3.05) is 11.9 Å². The van der Waals surface area contributed by atoms with Gasteiger partial charge in [0, 0.05) is 13.5 Å². The average Bonchev–Trinajstić information content (AvgIpc) is 3.28. The molecule has 1 aliphatic carbocycles. The van der Waals surface area contributed by atoms with Crippen molar-refractivity contribution in [3.05, 3.63) is 46.9 Å². The first kappa shape index (κ1) is 14.7. The molecular formula is C19H21N5O. The molecule has 1 amide bonds. The number of amides is 1. The number of aromatic nitrogens is 2. The first-order chi connectivity index (χ1) is 12.1. The van der Waals surface area contributed by atoms with Crippen LogP contribution in [0.3, 0.4) is 0 Å². The fraction of sp³-hybridized carbons (Fsp3) is 0.421. The van der Waals surface area contributed by atoms with Gasteiger partial charge in [-0.2, -0.15) is 0 Å². The van der Waals surface area contributed by atoms with E-state index in [4.69, 9.17) is 9.98 Å². The first-order valence-corrected chi connectivity index (χ1v) is 8.91. The summed E-state index contributed by atoms with van der Waals surface area (Å²) in [4.78, 5) is 29.4. The summed E-state index contributed by atoms with van der Waals surface area (Å²) >= 11 is 0. The van der Waals surface area contributed by atoms with Crippen LogP contribution in [-0.2, 0) is 6.42 Å². The third kappa shape index (κ3) is 2.13. The number of H-pyrrole nitrogens is 1. The zero-order valence-electron chi connectivity index (χ0n) is 14.5. The van der Waals surface area contributed by atoms with Crippen LogP contribution in [0.5, 0.6) is 0 Å². The Morgan fingerprint density at radius 1 is 1.24 bits per heavy atom. The summed E-state index contributed by atoms with van der Waals surface area (Å²) < 4.78 is 0. The molecule has 2 unspecified atom stereocenters. The highest BCUT2D eigenvalue weighted by molar-refractivity contribution is 6.18. The van der Waals surface area contributed by atoms with Crippen LogP contribution in [-0.4, -0.2) is 45.9 Å². The van der Waals surface area contributed by atoms with Gasteiger partial charge in [0.1, 0.15) is 11.5 Å². The second-order valence-electron chi connectivity index (χ2n) is 7.27. The molecule has 0 radical (unpaired) electrons. The van der Waals surface area contributed by atoms with Crippen molar-refractivity contribution in [3.8, 4) is 0 Å². The Morgan fingerprint density at radius 3 is 2.84 bits per heavy atom. The van der Waals surface area contributed by atoms with E-state index >= 15 is 0 Å². The number of benzene rings is 1. The fourth-order valence-electron chi connectivity index (χ4n) is 4.21. The molecule has 25 heavy (non-hydrogen) atoms. The van der Waals surface area contributed by atoms with Gasteiger partial charge in [0.25, 0.3) is 5.91 Å². The summed E-state index contributed by atoms with van der Waals surface area (Å²) in [6.45, 7) is 2.08. The average molecular weight is 335 g/mol. The predicted molar refractivity (Wildman–Crippen MR) is 96.0 cm³/mol. The number of hydrogen-bond acceptors (Lipinski definition) is 4. The summed E-state index contributed by atoms with van der Waals surface area (Å²) in [5.74, 6) is 2.31. The van der Waals surface area contributed by atoms with Gasteiger partial charge >= 0.3 is 0 Å². The lowest BCUT2D eigenvalue weighted by Crippen LogP contribution is -2.51. The molecule has 2 aromatic rings. The molecule has 3 aliphatic rings. The van der Waals surface area contributed by atoms with E-state index in [9.17, 15) is 4.79 Å². The molecule has 3 heterocycles. The van der Waals surface area contributed by atoms with Gasteiger partial charge in [0.15, 0.2) is 5.82 Å². The normalized spacial score (nSPS) is 24.2. The molecular weight excluding hydrogens is 314 g/mol. The van der Waals surface area contributed by atoms with E-state index in [1.165, 1.54) is 17.5 Å². The Labute approximate surface area is 146 Å². The van der Waals surface area contributed by atoms with Crippen LogP contribution in [0.15, 0.2) is 29.3 Å². The van der Waals surface area contributed by atoms with Crippen LogP contribution in [0.25, 0.3) is 0 Å². The van der Waals surface area contributed by atoms with Crippen molar-refractivity contribution in [2.45, 2.75) is 44.7 Å². The largest absolute Gasteiger partial charge is 0.336 e. The first-order valence-electron chi connectivity index (χ1n) is 8.91. The van der Waals surface area contributed by atoms with Crippen LogP contribution in [0.2, 0.25) is 0 Å². The van der Waals surface area contributed by atoms with Crippen molar-refractivity contribution in [3.63, 3.8) is 0 Å². The molecule has 128 valence electrons. The van der Waals surface area contributed by atoms with Crippen LogP contribution < -0.4 is 4.90 Å². The third-order valence-corrected chi connectivity index (χ3v) is 5.54. The monoisotopic (exact) mass is 335 g/mol. The van der Waals surface area contributed by atoms with E-state index in [-0.39, 0.29) is 5.91 Å². The van der Waals surface area contributed by atoms with Gasteiger partial charge in [-0.3, -0.25) is 14.6 Å². The lowest BCUT2D eigenvalue weighted by atomic mass is 10.1. The SMILES string of the molecule is Cc1ccc(Cc2nc3c([nH]2)C(=O)N(C)C2=NC4CCCC4N23)cc1. The van der Waals surface area contributed by atoms with Gasteiger partial charge in [-0.1, -0.05) is 29.8 Å². The zero-order valence-corrected chi connectivity index (χ0v) is 14.5. The number of carbonyl (C=O) groups excluding carboxylic acids is 1. The van der Waals surface area contributed by atoms with Gasteiger partial charge in [-0.05, 0) is 31.7 Å². The molecule has 1 aromatic heterocycles. The number of aromatic amines is 1. The maximum Gasteiger partial charge on any atom is 0.280 e. The Kier molecular flexibility index (Phi) is 3.04.